The number of cyclic esters (lactones) is 1. The van der Waals surface area contributed by atoms with Gasteiger partial charge in [0.2, 0.25) is 0 Å². The Kier molecular flexibility index (Phi) is 9.60. The lowest BCUT2D eigenvalue weighted by molar-refractivity contribution is -0.361. The van der Waals surface area contributed by atoms with Gasteiger partial charge in [-0.1, -0.05) is 6.92 Å². The normalized spacial score (nSPS) is 55.0. The zero-order valence-electron chi connectivity index (χ0n) is 28.5. The van der Waals surface area contributed by atoms with E-state index in [1.54, 1.807) is 13.0 Å². The Bertz CT molecular complexity index is 1340. The molecule has 0 aromatic heterocycles. The van der Waals surface area contributed by atoms with Crippen molar-refractivity contribution in [3.05, 3.63) is 11.6 Å². The van der Waals surface area contributed by atoms with Crippen LogP contribution in [0, 0.1) is 28.6 Å². The molecule has 4 saturated carbocycles. The van der Waals surface area contributed by atoms with Gasteiger partial charge in [-0.2, -0.15) is 0 Å². The number of hydrogen-bond acceptors (Lipinski definition) is 15. The zero-order valence-corrected chi connectivity index (χ0v) is 28.5. The zero-order chi connectivity index (χ0) is 36.0. The quantitative estimate of drug-likeness (QED) is 0.0858. The van der Waals surface area contributed by atoms with Crippen LogP contribution in [-0.4, -0.2) is 145 Å². The predicted molar refractivity (Wildman–Crippen MR) is 167 cm³/mol. The van der Waals surface area contributed by atoms with Gasteiger partial charge in [-0.3, -0.25) is 0 Å². The lowest BCUT2D eigenvalue weighted by atomic mass is 9.41. The van der Waals surface area contributed by atoms with E-state index in [0.717, 1.165) is 18.3 Å². The summed E-state index contributed by atoms with van der Waals surface area (Å²) in [7, 11) is 0. The monoisotopic (exact) mass is 712 g/mol. The van der Waals surface area contributed by atoms with Crippen molar-refractivity contribution in [2.45, 2.75) is 150 Å². The molecule has 3 heterocycles. The summed E-state index contributed by atoms with van der Waals surface area (Å²) in [4.78, 5) is 25.1. The first-order valence-electron chi connectivity index (χ1n) is 18.0. The largest absolute Gasteiger partial charge is 0.458 e. The van der Waals surface area contributed by atoms with Crippen LogP contribution in [0.25, 0.3) is 0 Å². The van der Waals surface area contributed by atoms with Gasteiger partial charge in [0.05, 0.1) is 35.4 Å². The Hall–Kier alpha value is -1.60. The van der Waals surface area contributed by atoms with Gasteiger partial charge in [-0.05, 0) is 81.6 Å². The number of carbonyl (C=O) groups is 2. The average molecular weight is 713 g/mol. The van der Waals surface area contributed by atoms with E-state index in [9.17, 15) is 50.4 Å². The highest BCUT2D eigenvalue weighted by atomic mass is 16.7. The molecule has 2 saturated heterocycles. The topological polar surface area (TPSA) is 242 Å². The van der Waals surface area contributed by atoms with Crippen molar-refractivity contribution in [3.63, 3.8) is 0 Å². The third-order valence-electron chi connectivity index (χ3n) is 14.1. The van der Waals surface area contributed by atoms with Crippen molar-refractivity contribution in [2.24, 2.45) is 28.6 Å². The first-order chi connectivity index (χ1) is 23.6. The highest BCUT2D eigenvalue weighted by molar-refractivity contribution is 5.85. The molecule has 7 rings (SSSR count). The SMILES string of the molecule is C[C@@H]1O[C@@H](O[C@H]2CC[C@]3(C=O)[C@H]4CC[C@]5(C)[C@@H](C6=CC(=O)OC6)CC[C@]5(O)[C@@H]4CC[C@]3(O)C2)[C@H](O)[C@H](O)[C@@H]1O[C@@H]1O[C@H](CO)[C@@H](O)[C@H](O)[C@H]1O. The minimum atomic E-state index is -1.71. The number of carbonyl (C=O) groups excluding carboxylic acids is 2. The van der Waals surface area contributed by atoms with Crippen molar-refractivity contribution in [3.8, 4) is 0 Å². The van der Waals surface area contributed by atoms with Crippen LogP contribution < -0.4 is 0 Å². The van der Waals surface area contributed by atoms with Crippen molar-refractivity contribution in [1.82, 2.24) is 0 Å². The van der Waals surface area contributed by atoms with Gasteiger partial charge in [-0.25, -0.2) is 4.79 Å². The molecule has 15 heteroatoms. The van der Waals surface area contributed by atoms with Gasteiger partial charge in [0.1, 0.15) is 55.6 Å². The van der Waals surface area contributed by atoms with Crippen LogP contribution in [0.2, 0.25) is 0 Å². The van der Waals surface area contributed by atoms with Crippen molar-refractivity contribution < 1.29 is 74.1 Å². The number of esters is 1. The van der Waals surface area contributed by atoms with Crippen molar-refractivity contribution in [1.29, 1.82) is 0 Å². The number of ether oxygens (including phenoxy) is 5. The Labute approximate surface area is 290 Å². The second-order valence-corrected chi connectivity index (χ2v) is 16.2. The van der Waals surface area contributed by atoms with Gasteiger partial charge in [-0.15, -0.1) is 0 Å². The fourth-order valence-electron chi connectivity index (χ4n) is 11.3. The predicted octanol–water partition coefficient (Wildman–Crippen LogP) is -1.43. The first-order valence-corrected chi connectivity index (χ1v) is 18.0. The molecule has 50 heavy (non-hydrogen) atoms. The van der Waals surface area contributed by atoms with E-state index in [4.69, 9.17) is 23.7 Å². The Morgan fingerprint density at radius 3 is 2.24 bits per heavy atom. The Balaban J connectivity index is 1.02. The number of aliphatic hydroxyl groups excluding tert-OH is 6. The van der Waals surface area contributed by atoms with Gasteiger partial charge < -0.3 is 69.3 Å². The minimum Gasteiger partial charge on any atom is -0.458 e. The maximum absolute atomic E-state index is 13.2. The van der Waals surface area contributed by atoms with Crippen LogP contribution >= 0.6 is 0 Å². The lowest BCUT2D eigenvalue weighted by Gasteiger charge is -2.65. The van der Waals surface area contributed by atoms with Crippen LogP contribution in [0.5, 0.6) is 0 Å². The maximum Gasteiger partial charge on any atom is 0.331 e. The Morgan fingerprint density at radius 1 is 0.860 bits per heavy atom. The molecular weight excluding hydrogens is 660 g/mol. The number of hydrogen-bond donors (Lipinski definition) is 8. The second-order valence-electron chi connectivity index (χ2n) is 16.2. The highest BCUT2D eigenvalue weighted by Gasteiger charge is 2.71. The fourth-order valence-corrected chi connectivity index (χ4v) is 11.3. The third-order valence-corrected chi connectivity index (χ3v) is 14.1. The van der Waals surface area contributed by atoms with E-state index in [2.05, 4.69) is 6.92 Å². The van der Waals surface area contributed by atoms with E-state index in [0.29, 0.717) is 38.5 Å². The van der Waals surface area contributed by atoms with Crippen molar-refractivity contribution in [2.75, 3.05) is 13.2 Å². The first kappa shape index (κ1) is 36.7. The molecule has 0 spiro atoms. The summed E-state index contributed by atoms with van der Waals surface area (Å²) in [6.07, 6.45) is -8.63. The summed E-state index contributed by atoms with van der Waals surface area (Å²) in [6, 6.07) is 0. The molecule has 0 unspecified atom stereocenters. The molecule has 282 valence electrons. The molecule has 8 N–H and O–H groups in total. The summed E-state index contributed by atoms with van der Waals surface area (Å²) in [5.41, 5.74) is -3.20. The number of aldehydes is 1. The van der Waals surface area contributed by atoms with E-state index in [-0.39, 0.29) is 43.2 Å². The summed E-state index contributed by atoms with van der Waals surface area (Å²) in [5, 5.41) is 87.0. The molecular formula is C35H52O15. The lowest BCUT2D eigenvalue weighted by Crippen LogP contribution is -2.69. The van der Waals surface area contributed by atoms with Gasteiger partial charge in [0.15, 0.2) is 12.6 Å². The standard InChI is InChI=1S/C35H52O15/c1-16-29(50-31-27(42)25(40)24(39)22(13-36)49-31)26(41)28(43)30(47-16)48-18-3-8-33(15-37)20-4-7-32(2)19(17-11-23(38)46-14-17)6-10-35(32,45)21(20)5-9-34(33,44)12-18/h11,15-16,18-22,24-31,36,39-45H,3-10,12-14H2,1-2H3/t16-,18-,19+,20-,21+,22+,24+,25-,26-,27+,28+,29+,30-,31-,32+,33-,34-,35-/m0/s1. The molecule has 4 aliphatic carbocycles. The van der Waals surface area contributed by atoms with E-state index < -0.39 is 96.2 Å². The summed E-state index contributed by atoms with van der Waals surface area (Å²) in [5.74, 6) is -0.830. The third kappa shape index (κ3) is 5.37. The molecule has 0 aromatic carbocycles. The summed E-state index contributed by atoms with van der Waals surface area (Å²) < 4.78 is 28.4. The molecule has 18 atom stereocenters. The van der Waals surface area contributed by atoms with Crippen molar-refractivity contribution >= 4 is 12.3 Å². The number of rotatable bonds is 7. The summed E-state index contributed by atoms with van der Waals surface area (Å²) in [6.45, 7) is 3.22. The molecule has 0 aromatic rings. The van der Waals surface area contributed by atoms with E-state index >= 15 is 0 Å². The van der Waals surface area contributed by atoms with E-state index in [1.807, 2.05) is 0 Å². The molecule has 3 aliphatic heterocycles. The Morgan fingerprint density at radius 2 is 1.56 bits per heavy atom. The molecule has 7 aliphatic rings. The van der Waals surface area contributed by atoms with Crippen LogP contribution in [0.3, 0.4) is 0 Å². The number of aliphatic hydroxyl groups is 8. The van der Waals surface area contributed by atoms with E-state index in [1.165, 1.54) is 0 Å². The molecule has 0 amide bonds. The van der Waals surface area contributed by atoms with Crippen LogP contribution in [0.1, 0.15) is 71.6 Å². The molecule has 15 nitrogen and oxygen atoms in total. The number of fused-ring (bicyclic) bond motifs is 5. The van der Waals surface area contributed by atoms with Gasteiger partial charge in [0, 0.05) is 17.9 Å². The molecule has 0 bridgehead atoms. The van der Waals surface area contributed by atoms with Crippen LogP contribution in [-0.2, 0) is 33.3 Å². The second kappa shape index (κ2) is 13.1. The van der Waals surface area contributed by atoms with Crippen LogP contribution in [0.15, 0.2) is 11.6 Å². The van der Waals surface area contributed by atoms with Gasteiger partial charge in [0.25, 0.3) is 0 Å². The highest BCUT2D eigenvalue weighted by Crippen LogP contribution is 2.70. The fraction of sp³-hybridized carbons (Fsp3) is 0.886. The summed E-state index contributed by atoms with van der Waals surface area (Å²) >= 11 is 0. The van der Waals surface area contributed by atoms with Crippen LogP contribution in [0.4, 0.5) is 0 Å². The minimum absolute atomic E-state index is 0.00102. The maximum atomic E-state index is 13.2. The molecule has 0 radical (unpaired) electrons. The molecule has 6 fully saturated rings. The van der Waals surface area contributed by atoms with Gasteiger partial charge >= 0.3 is 5.97 Å². The smallest absolute Gasteiger partial charge is 0.331 e. The average Bonchev–Trinajstić information content (AvgIpc) is 3.64.